The van der Waals surface area contributed by atoms with E-state index in [4.69, 9.17) is 11.6 Å². The number of halogens is 1. The lowest BCUT2D eigenvalue weighted by Gasteiger charge is -2.01. The van der Waals surface area contributed by atoms with Gasteiger partial charge in [0.1, 0.15) is 5.75 Å². The van der Waals surface area contributed by atoms with Crippen LogP contribution in [0.4, 0.5) is 5.69 Å². The highest BCUT2D eigenvalue weighted by Crippen LogP contribution is 2.20. The molecule has 2 rings (SSSR count). The summed E-state index contributed by atoms with van der Waals surface area (Å²) >= 11 is 5.95. The zero-order valence-corrected chi connectivity index (χ0v) is 9.72. The maximum Gasteiger partial charge on any atom is 0.116 e. The number of hydrogen-bond acceptors (Lipinski definition) is 3. The quantitative estimate of drug-likeness (QED) is 0.643. The van der Waals surface area contributed by atoms with Gasteiger partial charge in [-0.25, -0.2) is 0 Å². The molecule has 0 fully saturated rings. The molecule has 0 bridgehead atoms. The van der Waals surface area contributed by atoms with Gasteiger partial charge in [-0.3, -0.25) is 5.43 Å². The number of anilines is 1. The monoisotopic (exact) mass is 246 g/mol. The molecule has 0 saturated heterocycles. The summed E-state index contributed by atoms with van der Waals surface area (Å²) in [5.41, 5.74) is 4.39. The molecule has 0 radical (unpaired) electrons. The van der Waals surface area contributed by atoms with Crippen LogP contribution in [0.15, 0.2) is 53.6 Å². The van der Waals surface area contributed by atoms with Crippen molar-refractivity contribution in [1.29, 1.82) is 0 Å². The number of benzene rings is 2. The summed E-state index contributed by atoms with van der Waals surface area (Å²) in [6.45, 7) is 0. The molecule has 86 valence electrons. The van der Waals surface area contributed by atoms with Crippen molar-refractivity contribution < 1.29 is 5.11 Å². The summed E-state index contributed by atoms with van der Waals surface area (Å²) < 4.78 is 0. The molecule has 0 aliphatic heterocycles. The first kappa shape index (κ1) is 11.5. The fourth-order valence-corrected chi connectivity index (χ4v) is 1.51. The minimum atomic E-state index is 0.215. The maximum absolute atomic E-state index is 9.27. The Morgan fingerprint density at radius 3 is 2.71 bits per heavy atom. The van der Waals surface area contributed by atoms with Gasteiger partial charge in [0, 0.05) is 0 Å². The molecule has 0 amide bonds. The van der Waals surface area contributed by atoms with Crippen LogP contribution in [0.5, 0.6) is 5.75 Å². The standard InChI is InChI=1S/C13H11ClN2O/c14-12-6-1-2-7-13(12)16-15-9-10-4-3-5-11(17)8-10/h1-9,16-17H/b15-9+. The molecule has 4 heteroatoms. The summed E-state index contributed by atoms with van der Waals surface area (Å²) in [6.07, 6.45) is 1.61. The Morgan fingerprint density at radius 2 is 1.94 bits per heavy atom. The van der Waals surface area contributed by atoms with Crippen LogP contribution in [0, 0.1) is 0 Å². The molecule has 0 aliphatic rings. The maximum atomic E-state index is 9.27. The van der Waals surface area contributed by atoms with Crippen molar-refractivity contribution in [1.82, 2.24) is 0 Å². The van der Waals surface area contributed by atoms with Crippen LogP contribution in [-0.2, 0) is 0 Å². The largest absolute Gasteiger partial charge is 0.508 e. The zero-order chi connectivity index (χ0) is 12.1. The summed E-state index contributed by atoms with van der Waals surface area (Å²) in [7, 11) is 0. The normalized spacial score (nSPS) is 10.6. The van der Waals surface area contributed by atoms with Crippen LogP contribution < -0.4 is 5.43 Å². The Hall–Kier alpha value is -2.00. The predicted octanol–water partition coefficient (Wildman–Crippen LogP) is 3.49. The molecule has 2 aromatic rings. The number of hydrogen-bond donors (Lipinski definition) is 2. The lowest BCUT2D eigenvalue weighted by Crippen LogP contribution is -1.90. The number of phenolic OH excluding ortho intramolecular Hbond substituents is 1. The first-order valence-electron chi connectivity index (χ1n) is 5.08. The Morgan fingerprint density at radius 1 is 1.12 bits per heavy atom. The zero-order valence-electron chi connectivity index (χ0n) is 8.97. The van der Waals surface area contributed by atoms with Crippen LogP contribution in [-0.4, -0.2) is 11.3 Å². The number of para-hydroxylation sites is 1. The second-order valence-electron chi connectivity index (χ2n) is 3.44. The smallest absolute Gasteiger partial charge is 0.116 e. The van der Waals surface area contributed by atoms with Gasteiger partial charge in [-0.2, -0.15) is 5.10 Å². The highest BCUT2D eigenvalue weighted by atomic mass is 35.5. The summed E-state index contributed by atoms with van der Waals surface area (Å²) in [6, 6.07) is 14.2. The fraction of sp³-hybridized carbons (Fsp3) is 0. The van der Waals surface area contributed by atoms with E-state index in [2.05, 4.69) is 10.5 Å². The van der Waals surface area contributed by atoms with E-state index in [0.29, 0.717) is 5.02 Å². The van der Waals surface area contributed by atoms with Crippen molar-refractivity contribution in [3.63, 3.8) is 0 Å². The van der Waals surface area contributed by atoms with E-state index in [9.17, 15) is 5.11 Å². The van der Waals surface area contributed by atoms with Gasteiger partial charge in [0.2, 0.25) is 0 Å². The Balaban J connectivity index is 2.06. The van der Waals surface area contributed by atoms with Gasteiger partial charge in [0.05, 0.1) is 16.9 Å². The van der Waals surface area contributed by atoms with Crippen LogP contribution >= 0.6 is 11.6 Å². The highest BCUT2D eigenvalue weighted by Gasteiger charge is 1.95. The Labute approximate surface area is 104 Å². The van der Waals surface area contributed by atoms with E-state index in [1.165, 1.54) is 0 Å². The molecule has 0 unspecified atom stereocenters. The fourth-order valence-electron chi connectivity index (χ4n) is 1.33. The van der Waals surface area contributed by atoms with Crippen molar-refractivity contribution in [2.24, 2.45) is 5.10 Å². The summed E-state index contributed by atoms with van der Waals surface area (Å²) in [5, 5.41) is 13.9. The molecule has 2 aromatic carbocycles. The molecule has 0 atom stereocenters. The van der Waals surface area contributed by atoms with E-state index >= 15 is 0 Å². The van der Waals surface area contributed by atoms with E-state index in [1.54, 1.807) is 30.5 Å². The lowest BCUT2D eigenvalue weighted by molar-refractivity contribution is 0.475. The van der Waals surface area contributed by atoms with Gasteiger partial charge in [0.15, 0.2) is 0 Å². The van der Waals surface area contributed by atoms with Gasteiger partial charge in [-0.05, 0) is 29.8 Å². The van der Waals surface area contributed by atoms with Crippen molar-refractivity contribution >= 4 is 23.5 Å². The summed E-state index contributed by atoms with van der Waals surface area (Å²) in [5.74, 6) is 0.215. The lowest BCUT2D eigenvalue weighted by atomic mass is 10.2. The number of aromatic hydroxyl groups is 1. The van der Waals surface area contributed by atoms with Gasteiger partial charge in [-0.1, -0.05) is 35.9 Å². The average Bonchev–Trinajstić information content (AvgIpc) is 2.32. The van der Waals surface area contributed by atoms with Gasteiger partial charge < -0.3 is 5.11 Å². The molecule has 0 spiro atoms. The minimum Gasteiger partial charge on any atom is -0.508 e. The van der Waals surface area contributed by atoms with Crippen molar-refractivity contribution in [3.8, 4) is 5.75 Å². The number of nitrogens with zero attached hydrogens (tertiary/aromatic N) is 1. The predicted molar refractivity (Wildman–Crippen MR) is 70.8 cm³/mol. The van der Waals surface area contributed by atoms with E-state index in [0.717, 1.165) is 11.3 Å². The molecular formula is C13H11ClN2O. The number of rotatable bonds is 3. The number of hydrazone groups is 1. The summed E-state index contributed by atoms with van der Waals surface area (Å²) in [4.78, 5) is 0. The van der Waals surface area contributed by atoms with Crippen LogP contribution in [0.2, 0.25) is 5.02 Å². The van der Waals surface area contributed by atoms with Gasteiger partial charge in [0.25, 0.3) is 0 Å². The number of phenols is 1. The van der Waals surface area contributed by atoms with Crippen LogP contribution in [0.3, 0.4) is 0 Å². The third kappa shape index (κ3) is 3.23. The van der Waals surface area contributed by atoms with E-state index in [-0.39, 0.29) is 5.75 Å². The van der Waals surface area contributed by atoms with Crippen molar-refractivity contribution in [2.45, 2.75) is 0 Å². The minimum absolute atomic E-state index is 0.215. The first-order valence-corrected chi connectivity index (χ1v) is 5.46. The Kier molecular flexibility index (Phi) is 3.62. The molecule has 0 saturated carbocycles. The number of nitrogens with one attached hydrogen (secondary N) is 1. The van der Waals surface area contributed by atoms with Gasteiger partial charge in [-0.15, -0.1) is 0 Å². The van der Waals surface area contributed by atoms with E-state index in [1.807, 2.05) is 24.3 Å². The van der Waals surface area contributed by atoms with Crippen molar-refractivity contribution in [3.05, 3.63) is 59.1 Å². The van der Waals surface area contributed by atoms with Crippen LogP contribution in [0.1, 0.15) is 5.56 Å². The highest BCUT2D eigenvalue weighted by molar-refractivity contribution is 6.33. The molecule has 0 aliphatic carbocycles. The second kappa shape index (κ2) is 5.37. The molecule has 17 heavy (non-hydrogen) atoms. The third-order valence-corrected chi connectivity index (χ3v) is 2.47. The SMILES string of the molecule is Oc1cccc(/C=N/Nc2ccccc2Cl)c1. The Bertz CT molecular complexity index is 540. The first-order chi connectivity index (χ1) is 8.25. The molecule has 2 N–H and O–H groups in total. The topological polar surface area (TPSA) is 44.6 Å². The van der Waals surface area contributed by atoms with Gasteiger partial charge >= 0.3 is 0 Å². The average molecular weight is 247 g/mol. The van der Waals surface area contributed by atoms with Crippen molar-refractivity contribution in [2.75, 3.05) is 5.43 Å². The second-order valence-corrected chi connectivity index (χ2v) is 3.85. The molecule has 3 nitrogen and oxygen atoms in total. The van der Waals surface area contributed by atoms with E-state index < -0.39 is 0 Å². The molecule has 0 aromatic heterocycles. The molecule has 0 heterocycles. The van der Waals surface area contributed by atoms with Crippen LogP contribution in [0.25, 0.3) is 0 Å². The third-order valence-electron chi connectivity index (χ3n) is 2.14. The molecular weight excluding hydrogens is 236 g/mol.